The molecule has 0 spiro atoms. The van der Waals surface area contributed by atoms with Gasteiger partial charge in [-0.1, -0.05) is 42.5 Å². The van der Waals surface area contributed by atoms with Crippen LogP contribution in [0.2, 0.25) is 0 Å². The summed E-state index contributed by atoms with van der Waals surface area (Å²) in [5, 5.41) is 6.34. The Bertz CT molecular complexity index is 921. The van der Waals surface area contributed by atoms with Crippen LogP contribution >= 0.6 is 24.0 Å². The minimum absolute atomic E-state index is 0. The molecule has 0 saturated carbocycles. The fraction of sp³-hybridized carbons (Fsp3) is 0.417. The smallest absolute Gasteiger partial charge is 0.357 e. The number of carbonyl (C=O) groups is 1. The van der Waals surface area contributed by atoms with Gasteiger partial charge in [0.15, 0.2) is 5.96 Å². The van der Waals surface area contributed by atoms with Gasteiger partial charge in [0.2, 0.25) is 5.91 Å². The monoisotopic (exact) mass is 574 g/mol. The van der Waals surface area contributed by atoms with E-state index in [9.17, 15) is 18.0 Å². The van der Waals surface area contributed by atoms with E-state index < -0.39 is 11.7 Å². The topological polar surface area (TPSA) is 56.7 Å². The molecule has 0 aromatic heterocycles. The van der Waals surface area contributed by atoms with Gasteiger partial charge in [-0.15, -0.1) is 24.0 Å². The number of nitrogens with one attached hydrogen (secondary N) is 2. The number of likely N-dealkylation sites (tertiary alicyclic amines) is 1. The molecule has 2 N–H and O–H groups in total. The largest absolute Gasteiger partial charge is 0.416 e. The Morgan fingerprint density at radius 2 is 1.82 bits per heavy atom. The average molecular weight is 574 g/mol. The summed E-state index contributed by atoms with van der Waals surface area (Å²) in [5.74, 6) is 0.842. The molecule has 1 fully saturated rings. The summed E-state index contributed by atoms with van der Waals surface area (Å²) < 4.78 is 38.7. The quantitative estimate of drug-likeness (QED) is 0.278. The molecule has 33 heavy (non-hydrogen) atoms. The molecule has 2 aromatic rings. The molecule has 1 heterocycles. The predicted octanol–water partition coefficient (Wildman–Crippen LogP) is 4.47. The highest BCUT2D eigenvalue weighted by molar-refractivity contribution is 14.0. The second-order valence-electron chi connectivity index (χ2n) is 7.92. The molecule has 1 saturated heterocycles. The first-order valence-electron chi connectivity index (χ1n) is 10.8. The standard InChI is InChI=1S/C24H29F3N4O.HI/c1-2-28-23(29-15-19-9-6-10-21(13-19)24(25,26)27)30-16-20-14-22(32)31(17-20)12-11-18-7-4-3-5-8-18;/h3-10,13,20H,2,11-12,14-17H2,1H3,(H2,28,29,30);1H. The van der Waals surface area contributed by atoms with Crippen molar-refractivity contribution in [3.8, 4) is 0 Å². The lowest BCUT2D eigenvalue weighted by molar-refractivity contribution is -0.137. The number of hydrogen-bond donors (Lipinski definition) is 2. The normalized spacial score (nSPS) is 16.5. The maximum absolute atomic E-state index is 12.9. The third kappa shape index (κ3) is 8.53. The number of amides is 1. The van der Waals surface area contributed by atoms with E-state index in [4.69, 9.17) is 0 Å². The minimum atomic E-state index is -4.37. The second-order valence-corrected chi connectivity index (χ2v) is 7.92. The van der Waals surface area contributed by atoms with Crippen LogP contribution in [-0.4, -0.2) is 42.9 Å². The van der Waals surface area contributed by atoms with Crippen molar-refractivity contribution in [2.45, 2.75) is 32.5 Å². The van der Waals surface area contributed by atoms with Gasteiger partial charge in [0, 0.05) is 38.5 Å². The van der Waals surface area contributed by atoms with Gasteiger partial charge >= 0.3 is 6.18 Å². The van der Waals surface area contributed by atoms with Crippen LogP contribution < -0.4 is 10.6 Å². The number of aliphatic imine (C=N–C) groups is 1. The van der Waals surface area contributed by atoms with Crippen molar-refractivity contribution in [1.82, 2.24) is 15.5 Å². The van der Waals surface area contributed by atoms with Crippen molar-refractivity contribution in [3.05, 3.63) is 71.3 Å². The first kappa shape index (κ1) is 26.9. The van der Waals surface area contributed by atoms with Gasteiger partial charge < -0.3 is 15.5 Å². The summed E-state index contributed by atoms with van der Waals surface area (Å²) in [5.41, 5.74) is 1.02. The summed E-state index contributed by atoms with van der Waals surface area (Å²) in [6.45, 7) is 4.63. The highest BCUT2D eigenvalue weighted by Gasteiger charge is 2.30. The van der Waals surface area contributed by atoms with E-state index in [0.29, 0.717) is 44.1 Å². The molecule has 9 heteroatoms. The molecular formula is C24H30F3IN4O. The highest BCUT2D eigenvalue weighted by Crippen LogP contribution is 2.29. The van der Waals surface area contributed by atoms with Crippen LogP contribution in [0.25, 0.3) is 0 Å². The Balaban J connectivity index is 0.00000385. The van der Waals surface area contributed by atoms with Crippen LogP contribution in [0.5, 0.6) is 0 Å². The van der Waals surface area contributed by atoms with Crippen molar-refractivity contribution in [1.29, 1.82) is 0 Å². The number of halogens is 4. The first-order valence-corrected chi connectivity index (χ1v) is 10.8. The fourth-order valence-electron chi connectivity index (χ4n) is 3.71. The zero-order valence-corrected chi connectivity index (χ0v) is 20.9. The van der Waals surface area contributed by atoms with Gasteiger partial charge in [-0.25, -0.2) is 4.99 Å². The van der Waals surface area contributed by atoms with Gasteiger partial charge in [0.1, 0.15) is 0 Å². The number of rotatable bonds is 8. The van der Waals surface area contributed by atoms with E-state index in [1.807, 2.05) is 30.0 Å². The number of nitrogens with zero attached hydrogens (tertiary/aromatic N) is 2. The lowest BCUT2D eigenvalue weighted by Crippen LogP contribution is -2.40. The van der Waals surface area contributed by atoms with Gasteiger partial charge in [-0.3, -0.25) is 4.79 Å². The van der Waals surface area contributed by atoms with E-state index in [1.165, 1.54) is 11.6 Å². The van der Waals surface area contributed by atoms with Gasteiger partial charge in [0.05, 0.1) is 12.1 Å². The van der Waals surface area contributed by atoms with E-state index in [-0.39, 0.29) is 42.3 Å². The molecule has 180 valence electrons. The van der Waals surface area contributed by atoms with Crippen LogP contribution in [0, 0.1) is 5.92 Å². The third-order valence-electron chi connectivity index (χ3n) is 5.38. The fourth-order valence-corrected chi connectivity index (χ4v) is 3.71. The summed E-state index contributed by atoms with van der Waals surface area (Å²) in [6, 6.07) is 15.3. The summed E-state index contributed by atoms with van der Waals surface area (Å²) >= 11 is 0. The van der Waals surface area contributed by atoms with Crippen molar-refractivity contribution < 1.29 is 18.0 Å². The molecular weight excluding hydrogens is 544 g/mol. The molecule has 1 aliphatic heterocycles. The van der Waals surface area contributed by atoms with Crippen LogP contribution in [0.3, 0.4) is 0 Å². The van der Waals surface area contributed by atoms with E-state index in [1.54, 1.807) is 6.07 Å². The van der Waals surface area contributed by atoms with Crippen LogP contribution in [0.1, 0.15) is 30.0 Å². The number of alkyl halides is 3. The summed E-state index contributed by atoms with van der Waals surface area (Å²) in [6.07, 6.45) is -3.06. The number of hydrogen-bond acceptors (Lipinski definition) is 2. The van der Waals surface area contributed by atoms with Crippen molar-refractivity contribution >= 4 is 35.8 Å². The molecule has 1 aliphatic rings. The zero-order chi connectivity index (χ0) is 23.0. The second kappa shape index (κ2) is 12.8. The molecule has 5 nitrogen and oxygen atoms in total. The van der Waals surface area contributed by atoms with Crippen molar-refractivity contribution in [2.75, 3.05) is 26.2 Å². The molecule has 2 aromatic carbocycles. The Hall–Kier alpha value is -2.30. The summed E-state index contributed by atoms with van der Waals surface area (Å²) in [7, 11) is 0. The molecule has 0 aliphatic carbocycles. The lowest BCUT2D eigenvalue weighted by Gasteiger charge is -2.18. The van der Waals surface area contributed by atoms with Crippen LogP contribution in [0.15, 0.2) is 59.6 Å². The number of carbonyl (C=O) groups excluding carboxylic acids is 1. The SMILES string of the molecule is CCNC(=NCc1cccc(C(F)(F)F)c1)NCC1CC(=O)N(CCc2ccccc2)C1.I. The molecule has 0 radical (unpaired) electrons. The van der Waals surface area contributed by atoms with Crippen molar-refractivity contribution in [2.24, 2.45) is 10.9 Å². The zero-order valence-electron chi connectivity index (χ0n) is 18.6. The molecule has 1 amide bonds. The first-order chi connectivity index (χ1) is 15.3. The van der Waals surface area contributed by atoms with E-state index in [0.717, 1.165) is 18.6 Å². The minimum Gasteiger partial charge on any atom is -0.357 e. The number of guanidine groups is 1. The van der Waals surface area contributed by atoms with Crippen LogP contribution in [-0.2, 0) is 23.9 Å². The number of benzene rings is 2. The van der Waals surface area contributed by atoms with Gasteiger partial charge in [0.25, 0.3) is 0 Å². The molecule has 1 atom stereocenters. The van der Waals surface area contributed by atoms with Crippen LogP contribution in [0.4, 0.5) is 13.2 Å². The Morgan fingerprint density at radius 3 is 2.52 bits per heavy atom. The van der Waals surface area contributed by atoms with E-state index in [2.05, 4.69) is 27.8 Å². The third-order valence-corrected chi connectivity index (χ3v) is 5.38. The Labute approximate surface area is 209 Å². The predicted molar refractivity (Wildman–Crippen MR) is 135 cm³/mol. The average Bonchev–Trinajstić information content (AvgIpc) is 3.14. The Kier molecular flexibility index (Phi) is 10.5. The maximum Gasteiger partial charge on any atom is 0.416 e. The molecule has 1 unspecified atom stereocenters. The lowest BCUT2D eigenvalue weighted by atomic mass is 10.1. The van der Waals surface area contributed by atoms with Gasteiger partial charge in [-0.05, 0) is 36.6 Å². The Morgan fingerprint density at radius 1 is 1.09 bits per heavy atom. The molecule has 3 rings (SSSR count). The maximum atomic E-state index is 12.9. The molecule has 0 bridgehead atoms. The highest BCUT2D eigenvalue weighted by atomic mass is 127. The van der Waals surface area contributed by atoms with Gasteiger partial charge in [-0.2, -0.15) is 13.2 Å². The summed E-state index contributed by atoms with van der Waals surface area (Å²) in [4.78, 5) is 18.7. The van der Waals surface area contributed by atoms with E-state index >= 15 is 0 Å². The van der Waals surface area contributed by atoms with Crippen molar-refractivity contribution in [3.63, 3.8) is 0 Å².